The number of thiophene rings is 1. The SMILES string of the molecule is COc1cccc(-c2ccc(S(=O)(=O)NCP(=O)([O-])Oc3ccc(C#N)c(C(F)(F)F)c3)s2)c1OC.[NH4+]. The minimum absolute atomic E-state index is 0. The molecule has 0 bridgehead atoms. The number of benzene rings is 2. The quantitative estimate of drug-likeness (QED) is 0.347. The van der Waals surface area contributed by atoms with Gasteiger partial charge in [-0.1, -0.05) is 6.07 Å². The fourth-order valence-electron chi connectivity index (χ4n) is 3.03. The van der Waals surface area contributed by atoms with E-state index in [0.717, 1.165) is 23.5 Å². The van der Waals surface area contributed by atoms with Gasteiger partial charge in [-0.25, -0.2) is 13.1 Å². The summed E-state index contributed by atoms with van der Waals surface area (Å²) in [4.78, 5) is 12.8. The highest BCUT2D eigenvalue weighted by molar-refractivity contribution is 7.92. The lowest BCUT2D eigenvalue weighted by Crippen LogP contribution is -2.28. The van der Waals surface area contributed by atoms with Gasteiger partial charge in [0.25, 0.3) is 10.0 Å². The van der Waals surface area contributed by atoms with Crippen LogP contribution >= 0.6 is 18.9 Å². The van der Waals surface area contributed by atoms with Crippen molar-refractivity contribution in [3.05, 3.63) is 59.7 Å². The fraction of sp³-hybridized carbons (Fsp3) is 0.190. The van der Waals surface area contributed by atoms with Crippen molar-refractivity contribution >= 4 is 29.0 Å². The topological polar surface area (TPSA) is 174 Å². The third-order valence-corrected chi connectivity index (χ3v) is 8.88. The highest BCUT2D eigenvalue weighted by Gasteiger charge is 2.34. The highest BCUT2D eigenvalue weighted by Crippen LogP contribution is 2.43. The van der Waals surface area contributed by atoms with Crippen LogP contribution in [0.15, 0.2) is 52.7 Å². The maximum Gasteiger partial charge on any atom is 0.417 e. The number of halogens is 3. The van der Waals surface area contributed by atoms with Gasteiger partial charge in [0.15, 0.2) is 19.1 Å². The molecule has 0 radical (unpaired) electrons. The number of sulfonamides is 1. The van der Waals surface area contributed by atoms with Crippen molar-refractivity contribution in [2.24, 2.45) is 0 Å². The van der Waals surface area contributed by atoms with E-state index in [1.54, 1.807) is 18.2 Å². The smallest absolute Gasteiger partial charge is 0.417 e. The van der Waals surface area contributed by atoms with Gasteiger partial charge >= 0.3 is 6.18 Å². The maximum atomic E-state index is 13.1. The van der Waals surface area contributed by atoms with Crippen molar-refractivity contribution in [2.75, 3.05) is 20.5 Å². The molecule has 1 atom stereocenters. The first-order chi connectivity index (χ1) is 16.8. The predicted octanol–water partition coefficient (Wildman–Crippen LogP) is 4.57. The molecular formula is C21H21F3N3O7PS2. The summed E-state index contributed by atoms with van der Waals surface area (Å²) in [5.74, 6) is 0.0751. The molecule has 0 amide bonds. The van der Waals surface area contributed by atoms with Gasteiger partial charge in [0.2, 0.25) is 0 Å². The minimum Gasteiger partial charge on any atom is -0.768 e. The standard InChI is InChI=1S/C21H18F3N2O7PS2.H3N/c1-31-17-5-3-4-15(20(17)32-2)18-8-9-19(35-18)36(29,30)26-12-34(27,28)33-14-7-6-13(11-25)16(10-14)21(22,23)24;/h3-10,26H,12H2,1-2H3,(H,27,28);1H3. The van der Waals surface area contributed by atoms with Crippen molar-refractivity contribution in [1.29, 1.82) is 5.26 Å². The number of hydrogen-bond acceptors (Lipinski definition) is 9. The molecule has 0 aliphatic heterocycles. The number of rotatable bonds is 9. The fourth-order valence-corrected chi connectivity index (χ4v) is 6.88. The number of nitriles is 1. The Balaban J connectivity index is 0.00000481. The first-order valence-corrected chi connectivity index (χ1v) is 13.8. The van der Waals surface area contributed by atoms with E-state index in [1.807, 2.05) is 4.72 Å². The Labute approximate surface area is 214 Å². The van der Waals surface area contributed by atoms with Crippen LogP contribution in [0, 0.1) is 11.3 Å². The van der Waals surface area contributed by atoms with Crippen LogP contribution in [0.3, 0.4) is 0 Å². The summed E-state index contributed by atoms with van der Waals surface area (Å²) in [5, 5.41) is 8.82. The lowest BCUT2D eigenvalue weighted by Gasteiger charge is -2.24. The maximum absolute atomic E-state index is 13.1. The Morgan fingerprint density at radius 1 is 1.14 bits per heavy atom. The molecule has 0 aliphatic rings. The summed E-state index contributed by atoms with van der Waals surface area (Å²) >= 11 is 0.831. The average molecular weight is 580 g/mol. The van der Waals surface area contributed by atoms with Crippen molar-refractivity contribution in [3.63, 3.8) is 0 Å². The molecule has 0 saturated heterocycles. The molecule has 1 unspecified atom stereocenters. The number of quaternary nitrogens is 1. The van der Waals surface area contributed by atoms with E-state index in [2.05, 4.69) is 4.52 Å². The van der Waals surface area contributed by atoms with Crippen LogP contribution in [0.2, 0.25) is 0 Å². The van der Waals surface area contributed by atoms with E-state index in [4.69, 9.17) is 14.7 Å². The third kappa shape index (κ3) is 7.01. The number of nitrogens with zero attached hydrogens (tertiary/aromatic N) is 1. The van der Waals surface area contributed by atoms with Crippen molar-refractivity contribution in [1.82, 2.24) is 10.9 Å². The van der Waals surface area contributed by atoms with Gasteiger partial charge in [-0.05, 0) is 42.5 Å². The van der Waals surface area contributed by atoms with Crippen LogP contribution in [0.4, 0.5) is 13.2 Å². The molecule has 37 heavy (non-hydrogen) atoms. The van der Waals surface area contributed by atoms with E-state index in [0.29, 0.717) is 28.0 Å². The Bertz CT molecular complexity index is 1470. The number of nitrogens with one attached hydrogen (secondary N) is 1. The van der Waals surface area contributed by atoms with Gasteiger partial charge < -0.3 is 25.0 Å². The number of methoxy groups -OCH3 is 2. The molecule has 3 rings (SSSR count). The molecule has 3 aromatic rings. The normalized spacial score (nSPS) is 13.1. The van der Waals surface area contributed by atoms with Crippen molar-refractivity contribution in [3.8, 4) is 33.8 Å². The van der Waals surface area contributed by atoms with Crippen molar-refractivity contribution < 1.29 is 45.0 Å². The van der Waals surface area contributed by atoms with Crippen molar-refractivity contribution in [2.45, 2.75) is 10.4 Å². The predicted molar refractivity (Wildman–Crippen MR) is 128 cm³/mol. The lowest BCUT2D eigenvalue weighted by atomic mass is 10.1. The summed E-state index contributed by atoms with van der Waals surface area (Å²) in [6, 6.07) is 11.1. The molecule has 10 nitrogen and oxygen atoms in total. The van der Waals surface area contributed by atoms with E-state index < -0.39 is 47.0 Å². The Morgan fingerprint density at radius 2 is 1.84 bits per heavy atom. The first kappa shape index (κ1) is 30.1. The molecule has 2 aromatic carbocycles. The molecular weight excluding hydrogens is 558 g/mol. The van der Waals surface area contributed by atoms with Gasteiger partial charge in [0.1, 0.15) is 9.96 Å². The second-order valence-corrected chi connectivity index (χ2v) is 11.8. The molecule has 0 aliphatic carbocycles. The average Bonchev–Trinajstić information content (AvgIpc) is 3.33. The number of hydrogen-bond donors (Lipinski definition) is 2. The molecule has 0 spiro atoms. The van der Waals surface area contributed by atoms with Crippen LogP contribution in [0.1, 0.15) is 11.1 Å². The van der Waals surface area contributed by atoms with Crippen LogP contribution in [-0.2, 0) is 20.8 Å². The first-order valence-electron chi connectivity index (χ1n) is 9.73. The summed E-state index contributed by atoms with van der Waals surface area (Å²) in [6.45, 7) is 0. The largest absolute Gasteiger partial charge is 0.768 e. The third-order valence-electron chi connectivity index (χ3n) is 4.62. The summed E-state index contributed by atoms with van der Waals surface area (Å²) in [6.07, 6.45) is -6.16. The molecule has 0 fully saturated rings. The van der Waals surface area contributed by atoms with Crippen LogP contribution in [0.25, 0.3) is 10.4 Å². The van der Waals surface area contributed by atoms with Crippen LogP contribution < -0.4 is 29.8 Å². The molecule has 5 N–H and O–H groups in total. The Kier molecular flexibility index (Phi) is 9.37. The van der Waals surface area contributed by atoms with Gasteiger partial charge in [-0.3, -0.25) is 4.57 Å². The molecule has 16 heteroatoms. The second kappa shape index (κ2) is 11.5. The van der Waals surface area contributed by atoms with Crippen LogP contribution in [-0.4, -0.2) is 28.9 Å². The molecule has 1 aromatic heterocycles. The zero-order chi connectivity index (χ0) is 26.7. The summed E-state index contributed by atoms with van der Waals surface area (Å²) in [7, 11) is -6.49. The molecule has 0 saturated carbocycles. The minimum atomic E-state index is -5.02. The zero-order valence-electron chi connectivity index (χ0n) is 19.5. The lowest BCUT2D eigenvalue weighted by molar-refractivity contribution is -0.191. The monoisotopic (exact) mass is 579 g/mol. The molecule has 1 heterocycles. The van der Waals surface area contributed by atoms with Gasteiger partial charge in [-0.15, -0.1) is 11.3 Å². The highest BCUT2D eigenvalue weighted by atomic mass is 32.2. The Morgan fingerprint density at radius 3 is 2.43 bits per heavy atom. The van der Waals surface area contributed by atoms with Crippen LogP contribution in [0.5, 0.6) is 17.2 Å². The summed E-state index contributed by atoms with van der Waals surface area (Å²) in [5.41, 5.74) is -1.57. The second-order valence-electron chi connectivity index (χ2n) is 6.98. The van der Waals surface area contributed by atoms with E-state index >= 15 is 0 Å². The van der Waals surface area contributed by atoms with E-state index in [9.17, 15) is 31.0 Å². The zero-order valence-corrected chi connectivity index (χ0v) is 22.1. The van der Waals surface area contributed by atoms with E-state index in [-0.39, 0.29) is 10.4 Å². The number of para-hydroxylation sites is 1. The van der Waals surface area contributed by atoms with Gasteiger partial charge in [-0.2, -0.15) is 18.4 Å². The molecule has 200 valence electrons. The number of alkyl halides is 3. The van der Waals surface area contributed by atoms with Gasteiger partial charge in [0.05, 0.1) is 37.7 Å². The van der Waals surface area contributed by atoms with E-state index in [1.165, 1.54) is 32.4 Å². The van der Waals surface area contributed by atoms with Gasteiger partial charge in [0, 0.05) is 10.4 Å². The summed E-state index contributed by atoms with van der Waals surface area (Å²) < 4.78 is 93.8. The number of ether oxygens (including phenoxy) is 2. The Hall–Kier alpha value is -3.12.